The summed E-state index contributed by atoms with van der Waals surface area (Å²) in [4.78, 5) is 20.8. The van der Waals surface area contributed by atoms with Crippen LogP contribution in [0.4, 0.5) is 0 Å². The molecule has 0 unspecified atom stereocenters. The van der Waals surface area contributed by atoms with E-state index < -0.39 is 0 Å². The Morgan fingerprint density at radius 2 is 1.88 bits per heavy atom. The Bertz CT molecular complexity index is 446. The largest absolute Gasteiger partial charge is 0.379 e. The Hall–Kier alpha value is -0.570. The smallest absolute Gasteiger partial charge is 0.230 e. The van der Waals surface area contributed by atoms with Crippen molar-refractivity contribution in [1.29, 1.82) is 0 Å². The maximum atomic E-state index is 12.6. The molecular formula is C18H35IN4O2. The summed E-state index contributed by atoms with van der Waals surface area (Å²) in [5.41, 5.74) is -0.275. The Balaban J connectivity index is 0.00000312. The number of carbonyl (C=O) groups excluding carboxylic acids is 1. The highest BCUT2D eigenvalue weighted by atomic mass is 127. The molecule has 0 radical (unpaired) electrons. The minimum Gasteiger partial charge on any atom is -0.379 e. The van der Waals surface area contributed by atoms with Crippen LogP contribution in [-0.2, 0) is 9.53 Å². The minimum absolute atomic E-state index is 0. The second-order valence-corrected chi connectivity index (χ2v) is 7.53. The zero-order valence-corrected chi connectivity index (χ0v) is 18.5. The van der Waals surface area contributed by atoms with E-state index in [1.54, 1.807) is 11.9 Å². The number of nitrogens with one attached hydrogen (secondary N) is 1. The molecule has 2 rings (SSSR count). The van der Waals surface area contributed by atoms with Crippen LogP contribution in [0.25, 0.3) is 0 Å². The lowest BCUT2D eigenvalue weighted by molar-refractivity contribution is -0.138. The zero-order valence-electron chi connectivity index (χ0n) is 16.2. The Kier molecular flexibility index (Phi) is 9.48. The fraction of sp³-hybridized carbons (Fsp3) is 0.889. The van der Waals surface area contributed by atoms with Gasteiger partial charge < -0.3 is 19.9 Å². The van der Waals surface area contributed by atoms with Gasteiger partial charge in [-0.05, 0) is 31.6 Å². The number of halogens is 1. The van der Waals surface area contributed by atoms with Gasteiger partial charge in [-0.2, -0.15) is 0 Å². The number of hydrogen-bond donors (Lipinski definition) is 1. The van der Waals surface area contributed by atoms with E-state index in [1.165, 1.54) is 12.8 Å². The van der Waals surface area contributed by atoms with Crippen molar-refractivity contribution >= 4 is 35.8 Å². The van der Waals surface area contributed by atoms with E-state index in [1.807, 2.05) is 21.1 Å². The lowest BCUT2D eigenvalue weighted by atomic mass is 9.84. The van der Waals surface area contributed by atoms with Crippen molar-refractivity contribution in [3.63, 3.8) is 0 Å². The van der Waals surface area contributed by atoms with Crippen LogP contribution in [0.1, 0.15) is 38.5 Å². The molecule has 0 aromatic carbocycles. The molecule has 1 N–H and O–H groups in total. The van der Waals surface area contributed by atoms with E-state index >= 15 is 0 Å². The summed E-state index contributed by atoms with van der Waals surface area (Å²) in [6.07, 6.45) is 6.82. The number of likely N-dealkylation sites (N-methyl/N-ethyl adjacent to an activating group) is 1. The van der Waals surface area contributed by atoms with E-state index in [2.05, 4.69) is 15.2 Å². The summed E-state index contributed by atoms with van der Waals surface area (Å²) in [7, 11) is 7.50. The Morgan fingerprint density at radius 1 is 1.24 bits per heavy atom. The molecule has 7 heteroatoms. The van der Waals surface area contributed by atoms with Crippen molar-refractivity contribution in [3.05, 3.63) is 0 Å². The van der Waals surface area contributed by atoms with E-state index in [-0.39, 0.29) is 35.3 Å². The molecule has 0 aromatic heterocycles. The van der Waals surface area contributed by atoms with Crippen molar-refractivity contribution in [2.24, 2.45) is 16.3 Å². The molecule has 0 spiro atoms. The van der Waals surface area contributed by atoms with Crippen LogP contribution >= 0.6 is 24.0 Å². The number of nitrogens with zero attached hydrogens (tertiary/aromatic N) is 3. The van der Waals surface area contributed by atoms with Gasteiger partial charge in [0.2, 0.25) is 5.91 Å². The Morgan fingerprint density at radius 3 is 2.40 bits per heavy atom. The van der Waals surface area contributed by atoms with Crippen LogP contribution in [0.3, 0.4) is 0 Å². The molecule has 0 saturated heterocycles. The molecule has 146 valence electrons. The van der Waals surface area contributed by atoms with Gasteiger partial charge in [0, 0.05) is 47.9 Å². The fourth-order valence-electron chi connectivity index (χ4n) is 3.47. The van der Waals surface area contributed by atoms with Crippen molar-refractivity contribution in [3.8, 4) is 0 Å². The molecule has 2 aliphatic carbocycles. The zero-order chi connectivity index (χ0) is 17.6. The highest BCUT2D eigenvalue weighted by Gasteiger charge is 2.42. The normalized spacial score (nSPS) is 19.3. The molecule has 0 atom stereocenters. The van der Waals surface area contributed by atoms with E-state index in [4.69, 9.17) is 4.74 Å². The maximum absolute atomic E-state index is 12.6. The van der Waals surface area contributed by atoms with Crippen LogP contribution in [0, 0.1) is 11.3 Å². The molecule has 2 saturated carbocycles. The first-order chi connectivity index (χ1) is 11.5. The predicted octanol–water partition coefficient (Wildman–Crippen LogP) is 2.19. The highest BCUT2D eigenvalue weighted by Crippen LogP contribution is 2.38. The summed E-state index contributed by atoms with van der Waals surface area (Å²) in [6.45, 7) is 3.07. The van der Waals surface area contributed by atoms with Crippen LogP contribution in [0.5, 0.6) is 0 Å². The number of amides is 1. The molecule has 2 fully saturated rings. The molecule has 0 heterocycles. The van der Waals surface area contributed by atoms with Gasteiger partial charge in [-0.15, -0.1) is 24.0 Å². The van der Waals surface area contributed by atoms with Crippen molar-refractivity contribution in [1.82, 2.24) is 15.1 Å². The number of hydrogen-bond acceptors (Lipinski definition) is 3. The van der Waals surface area contributed by atoms with Crippen LogP contribution in [0.2, 0.25) is 0 Å². The van der Waals surface area contributed by atoms with Gasteiger partial charge in [0.1, 0.15) is 0 Å². The summed E-state index contributed by atoms with van der Waals surface area (Å²) < 4.78 is 5.71. The Labute approximate surface area is 169 Å². The number of rotatable bonds is 8. The van der Waals surface area contributed by atoms with E-state index in [0.29, 0.717) is 6.54 Å². The van der Waals surface area contributed by atoms with Crippen LogP contribution < -0.4 is 5.32 Å². The molecule has 2 aliphatic rings. The van der Waals surface area contributed by atoms with Gasteiger partial charge in [-0.25, -0.2) is 0 Å². The molecule has 6 nitrogen and oxygen atoms in total. The molecule has 0 aromatic rings. The number of carbonyl (C=O) groups is 1. The average molecular weight is 466 g/mol. The highest BCUT2D eigenvalue weighted by molar-refractivity contribution is 14.0. The third-order valence-electron chi connectivity index (χ3n) is 5.20. The fourth-order valence-corrected chi connectivity index (χ4v) is 3.47. The van der Waals surface area contributed by atoms with Gasteiger partial charge in [0.25, 0.3) is 0 Å². The number of guanidine groups is 1. The lowest BCUT2D eigenvalue weighted by Gasteiger charge is -2.32. The standard InChI is InChI=1S/C18H34N4O2.HI/c1-19-17(22(4)11-12-24-13-15-7-8-15)20-14-18(9-5-6-10-18)16(23)21(2)3;/h15H,5-14H2,1-4H3,(H,19,20);1H. The molecule has 1 amide bonds. The maximum Gasteiger partial charge on any atom is 0.230 e. The lowest BCUT2D eigenvalue weighted by Crippen LogP contribution is -2.49. The second kappa shape index (κ2) is 10.5. The summed E-state index contributed by atoms with van der Waals surface area (Å²) in [5.74, 6) is 1.87. The SMILES string of the molecule is CN=C(NCC1(C(=O)N(C)C)CCCC1)N(C)CCOCC1CC1.I. The van der Waals surface area contributed by atoms with Crippen molar-refractivity contribution < 1.29 is 9.53 Å². The minimum atomic E-state index is -0.275. The van der Waals surface area contributed by atoms with Crippen molar-refractivity contribution in [2.75, 3.05) is 54.5 Å². The van der Waals surface area contributed by atoms with E-state index in [0.717, 1.165) is 57.3 Å². The molecule has 0 aliphatic heterocycles. The summed E-state index contributed by atoms with van der Waals surface area (Å²) in [5, 5.41) is 3.42. The van der Waals surface area contributed by atoms with Gasteiger partial charge in [-0.1, -0.05) is 12.8 Å². The third-order valence-corrected chi connectivity index (χ3v) is 5.20. The molecular weight excluding hydrogens is 431 g/mol. The van der Waals surface area contributed by atoms with Crippen LogP contribution in [0.15, 0.2) is 4.99 Å². The van der Waals surface area contributed by atoms with Gasteiger partial charge in [0.15, 0.2) is 5.96 Å². The topological polar surface area (TPSA) is 57.2 Å². The van der Waals surface area contributed by atoms with Crippen molar-refractivity contribution in [2.45, 2.75) is 38.5 Å². The first kappa shape index (κ1) is 22.5. The number of ether oxygens (including phenoxy) is 1. The van der Waals surface area contributed by atoms with Crippen LogP contribution in [-0.4, -0.2) is 76.2 Å². The van der Waals surface area contributed by atoms with E-state index in [9.17, 15) is 4.79 Å². The van der Waals surface area contributed by atoms with Gasteiger partial charge in [-0.3, -0.25) is 9.79 Å². The number of aliphatic imine (C=N–C) groups is 1. The monoisotopic (exact) mass is 466 g/mol. The first-order valence-corrected chi connectivity index (χ1v) is 9.20. The summed E-state index contributed by atoms with van der Waals surface area (Å²) >= 11 is 0. The first-order valence-electron chi connectivity index (χ1n) is 9.20. The quantitative estimate of drug-likeness (QED) is 0.258. The second-order valence-electron chi connectivity index (χ2n) is 7.53. The predicted molar refractivity (Wildman–Crippen MR) is 113 cm³/mol. The molecule has 25 heavy (non-hydrogen) atoms. The average Bonchev–Trinajstić information content (AvgIpc) is 3.27. The molecule has 0 bridgehead atoms. The van der Waals surface area contributed by atoms with Gasteiger partial charge >= 0.3 is 0 Å². The van der Waals surface area contributed by atoms with Gasteiger partial charge in [0.05, 0.1) is 12.0 Å². The summed E-state index contributed by atoms with van der Waals surface area (Å²) in [6, 6.07) is 0. The third kappa shape index (κ3) is 6.58.